The Labute approximate surface area is 146 Å². The second kappa shape index (κ2) is 8.18. The minimum Gasteiger partial charge on any atom is -0.322 e. The molecule has 1 fully saturated rings. The number of carbonyl (C=O) groups excluding carboxylic acids is 1. The summed E-state index contributed by atoms with van der Waals surface area (Å²) in [5.74, 6) is -0.767. The van der Waals surface area contributed by atoms with Gasteiger partial charge in [0, 0.05) is 5.56 Å². The molecule has 2 aromatic rings. The highest BCUT2D eigenvalue weighted by Crippen LogP contribution is 2.11. The fraction of sp³-hybridized carbons (Fsp3) is 0.316. The van der Waals surface area contributed by atoms with Gasteiger partial charge in [-0.25, -0.2) is 8.78 Å². The molecule has 1 aliphatic rings. The van der Waals surface area contributed by atoms with Gasteiger partial charge in [0.25, 0.3) is 5.91 Å². The van der Waals surface area contributed by atoms with Crippen molar-refractivity contribution in [3.63, 3.8) is 0 Å². The summed E-state index contributed by atoms with van der Waals surface area (Å²) in [6, 6.07) is 13.0. The van der Waals surface area contributed by atoms with Gasteiger partial charge < -0.3 is 15.1 Å². The van der Waals surface area contributed by atoms with Crippen molar-refractivity contribution in [3.05, 3.63) is 65.7 Å². The van der Waals surface area contributed by atoms with Crippen LogP contribution in [0.1, 0.15) is 5.56 Å². The molecular formula is C19H23F2N3O+2. The van der Waals surface area contributed by atoms with E-state index in [-0.39, 0.29) is 17.4 Å². The number of carbonyl (C=O) groups is 1. The van der Waals surface area contributed by atoms with Gasteiger partial charge in [0.1, 0.15) is 44.4 Å². The summed E-state index contributed by atoms with van der Waals surface area (Å²) < 4.78 is 27.3. The first-order valence-corrected chi connectivity index (χ1v) is 8.57. The molecule has 0 atom stereocenters. The van der Waals surface area contributed by atoms with E-state index in [9.17, 15) is 13.6 Å². The number of hydrogen-bond acceptors (Lipinski definition) is 1. The Bertz CT molecular complexity index is 730. The number of rotatable bonds is 5. The summed E-state index contributed by atoms with van der Waals surface area (Å²) >= 11 is 0. The smallest absolute Gasteiger partial charge is 0.279 e. The molecule has 132 valence electrons. The molecule has 1 amide bonds. The molecule has 0 aliphatic carbocycles. The Morgan fingerprint density at radius 1 is 0.880 bits per heavy atom. The lowest BCUT2D eigenvalue weighted by molar-refractivity contribution is -1.02. The molecule has 3 N–H and O–H groups in total. The van der Waals surface area contributed by atoms with Crippen LogP contribution < -0.4 is 15.1 Å². The topological polar surface area (TPSA) is 38.0 Å². The number of piperazine rings is 1. The molecule has 0 unspecified atom stereocenters. The van der Waals surface area contributed by atoms with Gasteiger partial charge in [-0.15, -0.1) is 0 Å². The van der Waals surface area contributed by atoms with Crippen LogP contribution in [0.2, 0.25) is 0 Å². The van der Waals surface area contributed by atoms with Crippen molar-refractivity contribution in [1.82, 2.24) is 0 Å². The normalized spacial score (nSPS) is 20.2. The quantitative estimate of drug-likeness (QED) is 0.694. The summed E-state index contributed by atoms with van der Waals surface area (Å²) in [5, 5.41) is 2.62. The fourth-order valence-corrected chi connectivity index (χ4v) is 3.21. The Morgan fingerprint density at radius 2 is 1.48 bits per heavy atom. The molecule has 0 radical (unpaired) electrons. The van der Waals surface area contributed by atoms with Crippen LogP contribution in [0.4, 0.5) is 14.5 Å². The number of hydrogen-bond donors (Lipinski definition) is 3. The number of quaternary nitrogens is 2. The van der Waals surface area contributed by atoms with Gasteiger partial charge in [0.05, 0.1) is 5.69 Å². The van der Waals surface area contributed by atoms with Crippen LogP contribution in [0, 0.1) is 11.6 Å². The predicted octanol–water partition coefficient (Wildman–Crippen LogP) is -0.113. The summed E-state index contributed by atoms with van der Waals surface area (Å²) in [5.41, 5.74) is 0.953. The third-order valence-corrected chi connectivity index (χ3v) is 4.62. The summed E-state index contributed by atoms with van der Waals surface area (Å²) in [7, 11) is 0. The minimum atomic E-state index is -0.426. The number of anilines is 1. The lowest BCUT2D eigenvalue weighted by atomic mass is 10.2. The number of para-hydroxylation sites is 1. The van der Waals surface area contributed by atoms with Crippen LogP contribution in [0.3, 0.4) is 0 Å². The maximum atomic E-state index is 13.7. The van der Waals surface area contributed by atoms with Gasteiger partial charge >= 0.3 is 0 Å². The molecule has 0 saturated carbocycles. The average molecular weight is 347 g/mol. The first-order chi connectivity index (χ1) is 12.1. The SMILES string of the molecule is O=C(C[NH+]1CC[NH+](Cc2ccccc2F)CC1)Nc1ccccc1F. The van der Waals surface area contributed by atoms with Crippen LogP contribution >= 0.6 is 0 Å². The Morgan fingerprint density at radius 3 is 2.16 bits per heavy atom. The zero-order chi connectivity index (χ0) is 17.6. The van der Waals surface area contributed by atoms with E-state index in [1.807, 2.05) is 12.1 Å². The summed E-state index contributed by atoms with van der Waals surface area (Å²) in [6.07, 6.45) is 0. The number of amides is 1. The first kappa shape index (κ1) is 17.5. The maximum absolute atomic E-state index is 13.7. The van der Waals surface area contributed by atoms with Crippen molar-refractivity contribution in [1.29, 1.82) is 0 Å². The van der Waals surface area contributed by atoms with Gasteiger partial charge in [-0.3, -0.25) is 4.79 Å². The second-order valence-electron chi connectivity index (χ2n) is 6.47. The molecule has 1 heterocycles. The van der Waals surface area contributed by atoms with Crippen molar-refractivity contribution in [2.45, 2.75) is 6.54 Å². The summed E-state index contributed by atoms with van der Waals surface area (Å²) in [6.45, 7) is 4.44. The van der Waals surface area contributed by atoms with E-state index in [1.54, 1.807) is 24.3 Å². The lowest BCUT2D eigenvalue weighted by Crippen LogP contribution is -3.28. The minimum absolute atomic E-state index is 0.158. The monoisotopic (exact) mass is 347 g/mol. The molecule has 6 heteroatoms. The summed E-state index contributed by atoms with van der Waals surface area (Å²) in [4.78, 5) is 14.6. The van der Waals surface area contributed by atoms with Crippen molar-refractivity contribution >= 4 is 11.6 Å². The maximum Gasteiger partial charge on any atom is 0.279 e. The highest BCUT2D eigenvalue weighted by Gasteiger charge is 2.25. The number of benzene rings is 2. The molecule has 1 aliphatic heterocycles. The third kappa shape index (κ3) is 4.84. The molecule has 4 nitrogen and oxygen atoms in total. The van der Waals surface area contributed by atoms with E-state index in [0.717, 1.165) is 31.7 Å². The fourth-order valence-electron chi connectivity index (χ4n) is 3.21. The molecular weight excluding hydrogens is 324 g/mol. The molecule has 1 saturated heterocycles. The van der Waals surface area contributed by atoms with E-state index in [4.69, 9.17) is 0 Å². The number of halogens is 2. The Kier molecular flexibility index (Phi) is 5.73. The highest BCUT2D eigenvalue weighted by atomic mass is 19.1. The van der Waals surface area contributed by atoms with Gasteiger partial charge in [-0.2, -0.15) is 0 Å². The zero-order valence-corrected chi connectivity index (χ0v) is 14.0. The lowest BCUT2D eigenvalue weighted by Gasteiger charge is -2.29. The van der Waals surface area contributed by atoms with Gasteiger partial charge in [-0.1, -0.05) is 30.3 Å². The van der Waals surface area contributed by atoms with Gasteiger partial charge in [0.2, 0.25) is 0 Å². The van der Waals surface area contributed by atoms with Crippen LogP contribution in [0.5, 0.6) is 0 Å². The van der Waals surface area contributed by atoms with Gasteiger partial charge in [0.15, 0.2) is 6.54 Å². The van der Waals surface area contributed by atoms with Crippen LogP contribution in [0.15, 0.2) is 48.5 Å². The standard InChI is InChI=1S/C19H21F2N3O/c20-16-6-2-1-5-15(16)13-23-9-11-24(12-10-23)14-19(25)22-18-8-4-3-7-17(18)21/h1-8H,9-14H2,(H,22,25)/p+2. The molecule has 25 heavy (non-hydrogen) atoms. The third-order valence-electron chi connectivity index (χ3n) is 4.62. The largest absolute Gasteiger partial charge is 0.322 e. The molecule has 0 bridgehead atoms. The predicted molar refractivity (Wildman–Crippen MR) is 91.4 cm³/mol. The number of nitrogens with one attached hydrogen (secondary N) is 3. The average Bonchev–Trinajstić information content (AvgIpc) is 2.61. The van der Waals surface area contributed by atoms with Crippen LogP contribution in [-0.4, -0.2) is 38.6 Å². The van der Waals surface area contributed by atoms with E-state index in [2.05, 4.69) is 5.32 Å². The van der Waals surface area contributed by atoms with Crippen LogP contribution in [-0.2, 0) is 11.3 Å². The second-order valence-corrected chi connectivity index (χ2v) is 6.47. The van der Waals surface area contributed by atoms with E-state index in [1.165, 1.54) is 21.9 Å². The van der Waals surface area contributed by atoms with E-state index >= 15 is 0 Å². The first-order valence-electron chi connectivity index (χ1n) is 8.57. The molecule has 0 spiro atoms. The van der Waals surface area contributed by atoms with Crippen molar-refractivity contribution in [2.24, 2.45) is 0 Å². The van der Waals surface area contributed by atoms with Crippen LogP contribution in [0.25, 0.3) is 0 Å². The van der Waals surface area contributed by atoms with E-state index in [0.29, 0.717) is 13.1 Å². The molecule has 3 rings (SSSR count). The van der Waals surface area contributed by atoms with Crippen molar-refractivity contribution in [2.75, 3.05) is 38.0 Å². The van der Waals surface area contributed by atoms with Crippen molar-refractivity contribution in [3.8, 4) is 0 Å². The molecule has 2 aromatic carbocycles. The Balaban J connectivity index is 1.45. The van der Waals surface area contributed by atoms with Gasteiger partial charge in [-0.05, 0) is 18.2 Å². The van der Waals surface area contributed by atoms with E-state index < -0.39 is 5.82 Å². The Hall–Kier alpha value is -2.31. The highest BCUT2D eigenvalue weighted by molar-refractivity contribution is 5.91. The van der Waals surface area contributed by atoms with Crippen molar-refractivity contribution < 1.29 is 23.4 Å². The molecule has 0 aromatic heterocycles. The zero-order valence-electron chi connectivity index (χ0n) is 14.0.